The Morgan fingerprint density at radius 2 is 2.00 bits per heavy atom. The molecular formula is C18H24FN3O4. The molecular weight excluding hydrogens is 341 g/mol. The van der Waals surface area contributed by atoms with E-state index in [1.54, 1.807) is 18.0 Å². The molecule has 0 aromatic heterocycles. The van der Waals surface area contributed by atoms with E-state index in [1.807, 2.05) is 0 Å². The number of carbonyl (C=O) groups is 3. The van der Waals surface area contributed by atoms with E-state index in [9.17, 15) is 18.8 Å². The number of likely N-dealkylation sites (N-methyl/N-ethyl adjacent to an activating group) is 1. The second-order valence-electron chi connectivity index (χ2n) is 6.45. The number of piperidine rings is 1. The van der Waals surface area contributed by atoms with Gasteiger partial charge in [0.1, 0.15) is 11.9 Å². The summed E-state index contributed by atoms with van der Waals surface area (Å²) in [5.41, 5.74) is 5.86. The number of carbonyl (C=O) groups excluding carboxylic acids is 3. The maximum atomic E-state index is 13.5. The van der Waals surface area contributed by atoms with E-state index in [4.69, 9.17) is 10.5 Å². The van der Waals surface area contributed by atoms with Crippen LogP contribution in [0.2, 0.25) is 0 Å². The molecule has 1 aromatic carbocycles. The summed E-state index contributed by atoms with van der Waals surface area (Å²) in [7, 11) is 2.95. The first-order chi connectivity index (χ1) is 12.3. The molecule has 8 heteroatoms. The van der Waals surface area contributed by atoms with Crippen molar-refractivity contribution in [2.45, 2.75) is 18.9 Å². The van der Waals surface area contributed by atoms with Crippen molar-refractivity contribution >= 4 is 17.8 Å². The molecule has 1 heterocycles. The summed E-state index contributed by atoms with van der Waals surface area (Å²) in [6.45, 7) is 0.869. The molecule has 1 unspecified atom stereocenters. The molecule has 1 saturated heterocycles. The highest BCUT2D eigenvalue weighted by atomic mass is 19.1. The van der Waals surface area contributed by atoms with E-state index >= 15 is 0 Å². The SMILES string of the molecule is COC(=O)C1CCN(C(=O)CN(C)C(C(N)=O)c2cccc(F)c2)CC1. The summed E-state index contributed by atoms with van der Waals surface area (Å²) in [6.07, 6.45) is 1.09. The number of hydrogen-bond acceptors (Lipinski definition) is 5. The van der Waals surface area contributed by atoms with Gasteiger partial charge in [-0.2, -0.15) is 0 Å². The summed E-state index contributed by atoms with van der Waals surface area (Å²) in [5.74, 6) is -1.74. The zero-order valence-electron chi connectivity index (χ0n) is 15.0. The van der Waals surface area contributed by atoms with Crippen LogP contribution in [0.25, 0.3) is 0 Å². The van der Waals surface area contributed by atoms with Gasteiger partial charge in [-0.15, -0.1) is 0 Å². The van der Waals surface area contributed by atoms with E-state index in [1.165, 1.54) is 30.2 Å². The standard InChI is InChI=1S/C18H24FN3O4/c1-21(16(17(20)24)13-4-3-5-14(19)10-13)11-15(23)22-8-6-12(7-9-22)18(25)26-2/h3-5,10,12,16H,6-9,11H2,1-2H3,(H2,20,24). The number of primary amides is 1. The molecule has 1 atom stereocenters. The van der Waals surface area contributed by atoms with Crippen molar-refractivity contribution in [2.24, 2.45) is 11.7 Å². The average Bonchev–Trinajstić information content (AvgIpc) is 2.61. The topological polar surface area (TPSA) is 92.9 Å². The van der Waals surface area contributed by atoms with Gasteiger partial charge in [0.2, 0.25) is 11.8 Å². The highest BCUT2D eigenvalue weighted by Gasteiger charge is 2.30. The van der Waals surface area contributed by atoms with Crippen molar-refractivity contribution in [3.63, 3.8) is 0 Å². The number of likely N-dealkylation sites (tertiary alicyclic amines) is 1. The molecule has 1 aromatic rings. The van der Waals surface area contributed by atoms with Crippen molar-refractivity contribution in [1.29, 1.82) is 0 Å². The lowest BCUT2D eigenvalue weighted by Crippen LogP contribution is -2.46. The Hall–Kier alpha value is -2.48. The number of amides is 2. The van der Waals surface area contributed by atoms with Gasteiger partial charge in [0, 0.05) is 13.1 Å². The number of esters is 1. The van der Waals surface area contributed by atoms with E-state index in [-0.39, 0.29) is 24.3 Å². The van der Waals surface area contributed by atoms with Crippen LogP contribution in [-0.4, -0.2) is 61.4 Å². The Labute approximate surface area is 151 Å². The van der Waals surface area contributed by atoms with Crippen molar-refractivity contribution < 1.29 is 23.5 Å². The number of nitrogens with two attached hydrogens (primary N) is 1. The lowest BCUT2D eigenvalue weighted by Gasteiger charge is -2.33. The van der Waals surface area contributed by atoms with Crippen LogP contribution in [0.15, 0.2) is 24.3 Å². The molecule has 2 rings (SSSR count). The van der Waals surface area contributed by atoms with E-state index in [0.29, 0.717) is 31.5 Å². The Kier molecular flexibility index (Phi) is 6.68. The van der Waals surface area contributed by atoms with Gasteiger partial charge < -0.3 is 15.4 Å². The summed E-state index contributed by atoms with van der Waals surface area (Å²) in [4.78, 5) is 39.1. The predicted octanol–water partition coefficient (Wildman–Crippen LogP) is 0.696. The van der Waals surface area contributed by atoms with Gasteiger partial charge in [0.25, 0.3) is 0 Å². The quantitative estimate of drug-likeness (QED) is 0.749. The predicted molar refractivity (Wildman–Crippen MR) is 92.3 cm³/mol. The first-order valence-electron chi connectivity index (χ1n) is 8.44. The van der Waals surface area contributed by atoms with Crippen LogP contribution < -0.4 is 5.73 Å². The smallest absolute Gasteiger partial charge is 0.308 e. The molecule has 26 heavy (non-hydrogen) atoms. The zero-order valence-corrected chi connectivity index (χ0v) is 15.0. The van der Waals surface area contributed by atoms with Crippen molar-refractivity contribution in [1.82, 2.24) is 9.80 Å². The highest BCUT2D eigenvalue weighted by molar-refractivity contribution is 5.83. The van der Waals surface area contributed by atoms with E-state index in [2.05, 4.69) is 0 Å². The monoisotopic (exact) mass is 365 g/mol. The Bertz CT molecular complexity index is 674. The van der Waals surface area contributed by atoms with Crippen LogP contribution in [0.5, 0.6) is 0 Å². The molecule has 0 saturated carbocycles. The largest absolute Gasteiger partial charge is 0.469 e. The lowest BCUT2D eigenvalue weighted by atomic mass is 9.97. The zero-order chi connectivity index (χ0) is 19.3. The Morgan fingerprint density at radius 3 is 2.54 bits per heavy atom. The van der Waals surface area contributed by atoms with Crippen molar-refractivity contribution in [3.8, 4) is 0 Å². The normalized spacial score (nSPS) is 16.4. The van der Waals surface area contributed by atoms with E-state index in [0.717, 1.165) is 0 Å². The first-order valence-corrected chi connectivity index (χ1v) is 8.44. The molecule has 2 amide bonds. The van der Waals surface area contributed by atoms with Crippen LogP contribution in [0, 0.1) is 11.7 Å². The number of hydrogen-bond donors (Lipinski definition) is 1. The maximum Gasteiger partial charge on any atom is 0.308 e. The lowest BCUT2D eigenvalue weighted by molar-refractivity contribution is -0.149. The van der Waals surface area contributed by atoms with Crippen LogP contribution in [0.3, 0.4) is 0 Å². The van der Waals surface area contributed by atoms with Gasteiger partial charge in [-0.3, -0.25) is 19.3 Å². The summed E-state index contributed by atoms with van der Waals surface area (Å²) in [5, 5.41) is 0. The molecule has 0 spiro atoms. The Balaban J connectivity index is 1.99. The number of methoxy groups -OCH3 is 1. The van der Waals surface area contributed by atoms with Crippen LogP contribution in [0.1, 0.15) is 24.4 Å². The Morgan fingerprint density at radius 1 is 1.35 bits per heavy atom. The minimum atomic E-state index is -0.901. The van der Waals surface area contributed by atoms with Crippen LogP contribution >= 0.6 is 0 Å². The molecule has 0 bridgehead atoms. The fourth-order valence-electron chi connectivity index (χ4n) is 3.25. The molecule has 0 radical (unpaired) electrons. The molecule has 2 N–H and O–H groups in total. The fourth-order valence-corrected chi connectivity index (χ4v) is 3.25. The number of benzene rings is 1. The molecule has 142 valence electrons. The number of nitrogens with zero attached hydrogens (tertiary/aromatic N) is 2. The molecule has 1 aliphatic heterocycles. The molecule has 7 nitrogen and oxygen atoms in total. The average molecular weight is 365 g/mol. The van der Waals surface area contributed by atoms with Crippen molar-refractivity contribution in [3.05, 3.63) is 35.6 Å². The van der Waals surface area contributed by atoms with Gasteiger partial charge in [0.05, 0.1) is 19.6 Å². The van der Waals surface area contributed by atoms with Gasteiger partial charge in [-0.1, -0.05) is 12.1 Å². The number of rotatable bonds is 6. The van der Waals surface area contributed by atoms with Crippen LogP contribution in [0.4, 0.5) is 4.39 Å². The number of halogens is 1. The van der Waals surface area contributed by atoms with E-state index < -0.39 is 17.8 Å². The third-order valence-electron chi connectivity index (χ3n) is 4.64. The maximum absolute atomic E-state index is 13.5. The summed E-state index contributed by atoms with van der Waals surface area (Å²) >= 11 is 0. The minimum Gasteiger partial charge on any atom is -0.469 e. The third kappa shape index (κ3) is 4.78. The number of ether oxygens (including phenoxy) is 1. The summed E-state index contributed by atoms with van der Waals surface area (Å²) in [6, 6.07) is 4.70. The van der Waals surface area contributed by atoms with Crippen molar-refractivity contribution in [2.75, 3.05) is 33.8 Å². The fraction of sp³-hybridized carbons (Fsp3) is 0.500. The third-order valence-corrected chi connectivity index (χ3v) is 4.64. The van der Waals surface area contributed by atoms with Gasteiger partial charge in [-0.25, -0.2) is 4.39 Å². The van der Waals surface area contributed by atoms with Gasteiger partial charge in [0.15, 0.2) is 0 Å². The minimum absolute atomic E-state index is 0.0347. The molecule has 1 fully saturated rings. The molecule has 0 aliphatic carbocycles. The second-order valence-corrected chi connectivity index (χ2v) is 6.45. The first kappa shape index (κ1) is 19.8. The van der Waals surface area contributed by atoms with Gasteiger partial charge in [-0.05, 0) is 37.6 Å². The van der Waals surface area contributed by atoms with Crippen LogP contribution in [-0.2, 0) is 19.1 Å². The second kappa shape index (κ2) is 8.75. The highest BCUT2D eigenvalue weighted by Crippen LogP contribution is 2.22. The molecule has 1 aliphatic rings. The summed E-state index contributed by atoms with van der Waals surface area (Å²) < 4.78 is 18.2. The van der Waals surface area contributed by atoms with Gasteiger partial charge >= 0.3 is 5.97 Å².